The molecule has 1 aromatic heterocycles. The van der Waals surface area contributed by atoms with E-state index in [0.29, 0.717) is 31.5 Å². The van der Waals surface area contributed by atoms with Gasteiger partial charge in [-0.05, 0) is 55.7 Å². The van der Waals surface area contributed by atoms with Gasteiger partial charge in [-0.1, -0.05) is 15.9 Å². The highest BCUT2D eigenvalue weighted by atomic mass is 79.9. The van der Waals surface area contributed by atoms with Crippen molar-refractivity contribution in [2.45, 2.75) is 19.8 Å². The van der Waals surface area contributed by atoms with Gasteiger partial charge < -0.3 is 15.5 Å². The van der Waals surface area contributed by atoms with E-state index in [-0.39, 0.29) is 24.3 Å². The van der Waals surface area contributed by atoms with Crippen molar-refractivity contribution < 1.29 is 9.59 Å². The minimum Gasteiger partial charge on any atom is -0.357 e. The average molecular weight is 456 g/mol. The number of carbonyl (C=O) groups is 2. The molecule has 0 unspecified atom stereocenters. The summed E-state index contributed by atoms with van der Waals surface area (Å²) in [4.78, 5) is 31.0. The average Bonchev–Trinajstić information content (AvgIpc) is 2.74. The van der Waals surface area contributed by atoms with E-state index in [4.69, 9.17) is 5.26 Å². The third-order valence-corrected chi connectivity index (χ3v) is 5.45. The molecule has 2 N–H and O–H groups in total. The van der Waals surface area contributed by atoms with Gasteiger partial charge in [-0.15, -0.1) is 0 Å². The van der Waals surface area contributed by atoms with Crippen LogP contribution in [0.3, 0.4) is 0 Å². The van der Waals surface area contributed by atoms with Gasteiger partial charge >= 0.3 is 0 Å². The second kappa shape index (κ2) is 9.52. The monoisotopic (exact) mass is 455 g/mol. The Morgan fingerprint density at radius 1 is 1.28 bits per heavy atom. The molecule has 1 aliphatic rings. The molecule has 1 aliphatic heterocycles. The highest BCUT2D eigenvalue weighted by Crippen LogP contribution is 2.22. The number of nitrogens with zero attached hydrogens (tertiary/aromatic N) is 3. The van der Waals surface area contributed by atoms with Gasteiger partial charge in [-0.2, -0.15) is 5.26 Å². The first kappa shape index (κ1) is 20.8. The van der Waals surface area contributed by atoms with Crippen LogP contribution in [0.1, 0.15) is 24.0 Å². The highest BCUT2D eigenvalue weighted by Gasteiger charge is 2.25. The molecular weight excluding hydrogens is 434 g/mol. The van der Waals surface area contributed by atoms with E-state index in [1.165, 1.54) is 0 Å². The number of nitriles is 1. The molecule has 29 heavy (non-hydrogen) atoms. The lowest BCUT2D eigenvalue weighted by atomic mass is 9.96. The van der Waals surface area contributed by atoms with Crippen LogP contribution in [0.2, 0.25) is 0 Å². The second-order valence-corrected chi connectivity index (χ2v) is 7.92. The van der Waals surface area contributed by atoms with Crippen LogP contribution in [0, 0.1) is 24.2 Å². The van der Waals surface area contributed by atoms with Crippen molar-refractivity contribution in [2.75, 3.05) is 29.9 Å². The number of hydrogen-bond donors (Lipinski definition) is 2. The van der Waals surface area contributed by atoms with Gasteiger partial charge in [0.05, 0.1) is 12.1 Å². The van der Waals surface area contributed by atoms with Crippen molar-refractivity contribution in [3.05, 3.63) is 52.1 Å². The zero-order valence-electron chi connectivity index (χ0n) is 16.1. The SMILES string of the molecule is Cc1cc(Br)ccc1NC(=O)CNC(=O)C1CCN(c2ccc(C#N)cn2)CC1. The zero-order valence-corrected chi connectivity index (χ0v) is 17.7. The molecule has 2 heterocycles. The van der Waals surface area contributed by atoms with E-state index >= 15 is 0 Å². The Morgan fingerprint density at radius 3 is 2.66 bits per heavy atom. The van der Waals surface area contributed by atoms with Gasteiger partial charge in [-0.25, -0.2) is 4.98 Å². The van der Waals surface area contributed by atoms with Crippen molar-refractivity contribution in [1.82, 2.24) is 10.3 Å². The maximum atomic E-state index is 12.4. The van der Waals surface area contributed by atoms with Crippen molar-refractivity contribution in [1.29, 1.82) is 5.26 Å². The zero-order chi connectivity index (χ0) is 20.8. The fourth-order valence-corrected chi connectivity index (χ4v) is 3.76. The van der Waals surface area contributed by atoms with Crippen LogP contribution in [0.5, 0.6) is 0 Å². The van der Waals surface area contributed by atoms with Crippen LogP contribution >= 0.6 is 15.9 Å². The number of hydrogen-bond acceptors (Lipinski definition) is 5. The molecule has 0 saturated carbocycles. The lowest BCUT2D eigenvalue weighted by Crippen LogP contribution is -2.42. The standard InChI is InChI=1S/C21H22BrN5O2/c1-14-10-17(22)3-4-18(14)26-20(28)13-25-21(29)16-6-8-27(9-7-16)19-5-2-15(11-23)12-24-19/h2-5,10,12,16H,6-9,13H2,1H3,(H,25,29)(H,26,28). The second-order valence-electron chi connectivity index (χ2n) is 7.00. The fourth-order valence-electron chi connectivity index (χ4n) is 3.28. The minimum absolute atomic E-state index is 0.0499. The van der Waals surface area contributed by atoms with E-state index in [9.17, 15) is 9.59 Å². The predicted molar refractivity (Wildman–Crippen MR) is 114 cm³/mol. The van der Waals surface area contributed by atoms with E-state index < -0.39 is 0 Å². The summed E-state index contributed by atoms with van der Waals surface area (Å²) in [6, 6.07) is 11.2. The molecule has 0 atom stereocenters. The van der Waals surface area contributed by atoms with Gasteiger partial charge in [-0.3, -0.25) is 9.59 Å². The lowest BCUT2D eigenvalue weighted by Gasteiger charge is -2.32. The number of piperidine rings is 1. The first-order valence-electron chi connectivity index (χ1n) is 9.41. The fraction of sp³-hybridized carbons (Fsp3) is 0.333. The first-order valence-corrected chi connectivity index (χ1v) is 10.2. The number of rotatable bonds is 5. The lowest BCUT2D eigenvalue weighted by molar-refractivity contribution is -0.127. The summed E-state index contributed by atoms with van der Waals surface area (Å²) < 4.78 is 0.948. The molecule has 2 aromatic rings. The summed E-state index contributed by atoms with van der Waals surface area (Å²) in [6.07, 6.45) is 2.95. The Hall–Kier alpha value is -2.92. The Morgan fingerprint density at radius 2 is 2.03 bits per heavy atom. The molecule has 7 nitrogen and oxygen atoms in total. The molecule has 0 radical (unpaired) electrons. The molecular formula is C21H22BrN5O2. The van der Waals surface area contributed by atoms with Crippen LogP contribution in [-0.2, 0) is 9.59 Å². The molecule has 0 spiro atoms. The topological polar surface area (TPSA) is 98.1 Å². The molecule has 3 rings (SSSR count). The molecule has 8 heteroatoms. The molecule has 1 fully saturated rings. The molecule has 0 bridgehead atoms. The summed E-state index contributed by atoms with van der Waals surface area (Å²) in [5.41, 5.74) is 2.21. The quantitative estimate of drug-likeness (QED) is 0.721. The number of amides is 2. The van der Waals surface area contributed by atoms with E-state index in [1.807, 2.05) is 31.2 Å². The number of benzene rings is 1. The van der Waals surface area contributed by atoms with Crippen LogP contribution in [0.25, 0.3) is 0 Å². The van der Waals surface area contributed by atoms with E-state index in [1.54, 1.807) is 12.3 Å². The van der Waals surface area contributed by atoms with Crippen LogP contribution < -0.4 is 15.5 Å². The number of aromatic nitrogens is 1. The third-order valence-electron chi connectivity index (χ3n) is 4.95. The highest BCUT2D eigenvalue weighted by molar-refractivity contribution is 9.10. The van der Waals surface area contributed by atoms with Crippen molar-refractivity contribution in [3.63, 3.8) is 0 Å². The maximum absolute atomic E-state index is 12.4. The van der Waals surface area contributed by atoms with Gasteiger partial charge in [0.1, 0.15) is 11.9 Å². The Labute approximate surface area is 178 Å². The first-order chi connectivity index (χ1) is 14.0. The molecule has 1 saturated heterocycles. The van der Waals surface area contributed by atoms with Gasteiger partial charge in [0.25, 0.3) is 0 Å². The molecule has 2 amide bonds. The van der Waals surface area contributed by atoms with Crippen molar-refractivity contribution in [3.8, 4) is 6.07 Å². The molecule has 1 aromatic carbocycles. The van der Waals surface area contributed by atoms with Crippen LogP contribution in [0.4, 0.5) is 11.5 Å². The minimum atomic E-state index is -0.247. The maximum Gasteiger partial charge on any atom is 0.243 e. The third kappa shape index (κ3) is 5.55. The largest absolute Gasteiger partial charge is 0.357 e. The van der Waals surface area contributed by atoms with Crippen LogP contribution in [-0.4, -0.2) is 36.4 Å². The Balaban J connectivity index is 1.44. The number of carbonyl (C=O) groups excluding carboxylic acids is 2. The van der Waals surface area contributed by atoms with Crippen molar-refractivity contribution >= 4 is 39.2 Å². The number of aryl methyl sites for hydroxylation is 1. The predicted octanol–water partition coefficient (Wildman–Crippen LogP) is 3.00. The van der Waals surface area contributed by atoms with E-state index in [2.05, 4.69) is 42.5 Å². The Kier molecular flexibility index (Phi) is 6.83. The number of halogens is 1. The molecule has 0 aliphatic carbocycles. The van der Waals surface area contributed by atoms with Crippen molar-refractivity contribution in [2.24, 2.45) is 5.92 Å². The smallest absolute Gasteiger partial charge is 0.243 e. The number of anilines is 2. The normalized spacial score (nSPS) is 14.2. The van der Waals surface area contributed by atoms with Crippen LogP contribution in [0.15, 0.2) is 41.0 Å². The van der Waals surface area contributed by atoms with E-state index in [0.717, 1.165) is 21.5 Å². The number of nitrogens with one attached hydrogen (secondary N) is 2. The summed E-state index contributed by atoms with van der Waals surface area (Å²) in [5.74, 6) is 0.349. The van der Waals surface area contributed by atoms with Gasteiger partial charge in [0.2, 0.25) is 11.8 Å². The summed E-state index contributed by atoms with van der Waals surface area (Å²) >= 11 is 3.39. The summed E-state index contributed by atoms with van der Waals surface area (Å²) in [6.45, 7) is 3.28. The summed E-state index contributed by atoms with van der Waals surface area (Å²) in [5, 5.41) is 14.4. The Bertz CT molecular complexity index is 931. The van der Waals surface area contributed by atoms with Gasteiger partial charge in [0, 0.05) is 35.4 Å². The van der Waals surface area contributed by atoms with Gasteiger partial charge in [0.15, 0.2) is 0 Å². The number of pyridine rings is 1. The molecule has 150 valence electrons. The summed E-state index contributed by atoms with van der Waals surface area (Å²) in [7, 11) is 0.